The highest BCUT2D eigenvalue weighted by atomic mass is 16.1. The van der Waals surface area contributed by atoms with Gasteiger partial charge in [-0.1, -0.05) is 43.0 Å². The van der Waals surface area contributed by atoms with E-state index in [1.165, 1.54) is 5.57 Å². The van der Waals surface area contributed by atoms with Gasteiger partial charge in [-0.25, -0.2) is 4.58 Å². The molecule has 0 aromatic heterocycles. The van der Waals surface area contributed by atoms with E-state index in [0.717, 1.165) is 23.1 Å². The molecule has 3 heteroatoms. The van der Waals surface area contributed by atoms with E-state index in [2.05, 4.69) is 41.7 Å². The number of hydrogen-bond donors (Lipinski definition) is 1. The number of nitrogens with zero attached hydrogens (tertiary/aromatic N) is 1. The summed E-state index contributed by atoms with van der Waals surface area (Å²) in [6.45, 7) is 3.88. The quantitative estimate of drug-likeness (QED) is 0.379. The highest BCUT2D eigenvalue weighted by Gasteiger charge is 2.34. The molecule has 0 spiro atoms. The summed E-state index contributed by atoms with van der Waals surface area (Å²) in [6.07, 6.45) is 17.9. The minimum atomic E-state index is 0.000994. The summed E-state index contributed by atoms with van der Waals surface area (Å²) in [4.78, 5) is 11.0. The molecule has 0 saturated heterocycles. The molecule has 1 aromatic carbocycles. The SMILES string of the molecule is C=CC(CC=O)[N+]1=CC(/C=C/c2ccc(N)cc2)=C2C=CC=CC21. The van der Waals surface area contributed by atoms with Crippen molar-refractivity contribution < 1.29 is 9.37 Å². The van der Waals surface area contributed by atoms with Crippen LogP contribution in [0.3, 0.4) is 0 Å². The molecule has 3 rings (SSSR count). The van der Waals surface area contributed by atoms with Crippen molar-refractivity contribution in [3.8, 4) is 0 Å². The smallest absolute Gasteiger partial charge is 0.198 e. The van der Waals surface area contributed by atoms with Crippen LogP contribution in [0, 0.1) is 0 Å². The van der Waals surface area contributed by atoms with Gasteiger partial charge >= 0.3 is 0 Å². The van der Waals surface area contributed by atoms with Gasteiger partial charge in [0.15, 0.2) is 18.3 Å². The number of aldehydes is 1. The van der Waals surface area contributed by atoms with Crippen molar-refractivity contribution in [3.63, 3.8) is 0 Å². The Kier molecular flexibility index (Phi) is 4.71. The zero-order valence-corrected chi connectivity index (χ0v) is 13.5. The highest BCUT2D eigenvalue weighted by Crippen LogP contribution is 2.27. The summed E-state index contributed by atoms with van der Waals surface area (Å²) in [5.74, 6) is 0. The van der Waals surface area contributed by atoms with Crippen molar-refractivity contribution in [2.45, 2.75) is 18.5 Å². The molecule has 0 saturated carbocycles. The number of fused-ring (bicyclic) bond motifs is 1. The highest BCUT2D eigenvalue weighted by molar-refractivity contribution is 5.86. The van der Waals surface area contributed by atoms with E-state index in [9.17, 15) is 4.79 Å². The van der Waals surface area contributed by atoms with Crippen LogP contribution in [0.5, 0.6) is 0 Å². The first-order valence-electron chi connectivity index (χ1n) is 8.04. The third kappa shape index (κ3) is 3.20. The van der Waals surface area contributed by atoms with Crippen LogP contribution in [0.1, 0.15) is 12.0 Å². The normalized spacial score (nSPS) is 20.2. The number of benzene rings is 1. The molecular formula is C21H21N2O+. The lowest BCUT2D eigenvalue weighted by molar-refractivity contribution is -0.562. The van der Waals surface area contributed by atoms with E-state index < -0.39 is 0 Å². The van der Waals surface area contributed by atoms with Crippen molar-refractivity contribution in [3.05, 3.63) is 84.0 Å². The molecule has 2 atom stereocenters. The fourth-order valence-corrected chi connectivity index (χ4v) is 3.05. The lowest BCUT2D eigenvalue weighted by Crippen LogP contribution is -2.32. The van der Waals surface area contributed by atoms with Gasteiger partial charge in [0.25, 0.3) is 0 Å². The maximum atomic E-state index is 11.0. The zero-order valence-electron chi connectivity index (χ0n) is 13.5. The van der Waals surface area contributed by atoms with Gasteiger partial charge in [0.2, 0.25) is 0 Å². The minimum Gasteiger partial charge on any atom is -0.399 e. The summed E-state index contributed by atoms with van der Waals surface area (Å²) in [7, 11) is 0. The predicted octanol–water partition coefficient (Wildman–Crippen LogP) is 3.31. The third-order valence-electron chi connectivity index (χ3n) is 4.33. The van der Waals surface area contributed by atoms with Crippen LogP contribution in [-0.2, 0) is 4.79 Å². The van der Waals surface area contributed by atoms with Crippen LogP contribution in [0.4, 0.5) is 5.69 Å². The summed E-state index contributed by atoms with van der Waals surface area (Å²) in [5, 5.41) is 0. The van der Waals surface area contributed by atoms with Crippen molar-refractivity contribution in [2.75, 3.05) is 5.73 Å². The first-order chi connectivity index (χ1) is 11.7. The number of allylic oxidation sites excluding steroid dienone is 4. The van der Waals surface area contributed by atoms with Crippen LogP contribution < -0.4 is 5.73 Å². The maximum Gasteiger partial charge on any atom is 0.198 e. The van der Waals surface area contributed by atoms with Gasteiger partial charge in [-0.05, 0) is 35.9 Å². The molecule has 0 bridgehead atoms. The fourth-order valence-electron chi connectivity index (χ4n) is 3.05. The van der Waals surface area contributed by atoms with Crippen molar-refractivity contribution in [2.24, 2.45) is 0 Å². The first kappa shape index (κ1) is 15.9. The van der Waals surface area contributed by atoms with Gasteiger partial charge < -0.3 is 10.5 Å². The molecule has 1 aliphatic heterocycles. The number of nitrogen functional groups attached to an aromatic ring is 1. The average Bonchev–Trinajstić information content (AvgIpc) is 2.98. The largest absolute Gasteiger partial charge is 0.399 e. The maximum absolute atomic E-state index is 11.0. The standard InChI is InChI=1S/C21H21N2O/c1-2-19(13-14-24)23-15-17(20-5-3-4-6-21(20)23)10-7-16-8-11-18(22)12-9-16/h2-12,14-15,19,21H,1,13,22H2/q+1/b10-7+. The van der Waals surface area contributed by atoms with Gasteiger partial charge in [0.05, 0.1) is 6.42 Å². The lowest BCUT2D eigenvalue weighted by atomic mass is 9.98. The molecule has 2 N–H and O–H groups in total. The number of hydrogen-bond acceptors (Lipinski definition) is 2. The number of nitrogens with two attached hydrogens (primary N) is 1. The summed E-state index contributed by atoms with van der Waals surface area (Å²) in [5.41, 5.74) is 9.97. The van der Waals surface area contributed by atoms with Gasteiger partial charge in [-0.2, -0.15) is 0 Å². The van der Waals surface area contributed by atoms with Crippen LogP contribution in [0.2, 0.25) is 0 Å². The van der Waals surface area contributed by atoms with Crippen LogP contribution in [0.25, 0.3) is 6.08 Å². The van der Waals surface area contributed by atoms with Crippen LogP contribution in [-0.4, -0.2) is 29.2 Å². The summed E-state index contributed by atoms with van der Waals surface area (Å²) < 4.78 is 2.19. The molecule has 1 aromatic rings. The molecule has 3 nitrogen and oxygen atoms in total. The molecule has 0 radical (unpaired) electrons. The molecule has 2 aliphatic rings. The number of carbonyl (C=O) groups excluding carboxylic acids is 1. The Morgan fingerprint density at radius 3 is 2.71 bits per heavy atom. The number of carbonyl (C=O) groups is 1. The van der Waals surface area contributed by atoms with E-state index in [4.69, 9.17) is 5.73 Å². The minimum absolute atomic E-state index is 0.000994. The Morgan fingerprint density at radius 2 is 2.00 bits per heavy atom. The molecule has 120 valence electrons. The molecule has 24 heavy (non-hydrogen) atoms. The summed E-state index contributed by atoms with van der Waals surface area (Å²) in [6, 6.07) is 7.94. The Labute approximate surface area is 142 Å². The Morgan fingerprint density at radius 1 is 1.21 bits per heavy atom. The predicted molar refractivity (Wildman–Crippen MR) is 100.0 cm³/mol. The second kappa shape index (κ2) is 7.09. The van der Waals surface area contributed by atoms with Crippen molar-refractivity contribution in [1.82, 2.24) is 0 Å². The van der Waals surface area contributed by atoms with Gasteiger partial charge in [0.1, 0.15) is 6.29 Å². The average molecular weight is 317 g/mol. The monoisotopic (exact) mass is 317 g/mol. The molecule has 2 unspecified atom stereocenters. The Hall–Kier alpha value is -2.94. The fraction of sp³-hybridized carbons (Fsp3) is 0.143. The van der Waals surface area contributed by atoms with Crippen LogP contribution in [0.15, 0.2) is 78.4 Å². The molecule has 0 amide bonds. The second-order valence-corrected chi connectivity index (χ2v) is 5.88. The van der Waals surface area contributed by atoms with Crippen LogP contribution >= 0.6 is 0 Å². The number of anilines is 1. The lowest BCUT2D eigenvalue weighted by Gasteiger charge is -2.15. The van der Waals surface area contributed by atoms with E-state index in [1.54, 1.807) is 0 Å². The van der Waals surface area contributed by atoms with E-state index >= 15 is 0 Å². The van der Waals surface area contributed by atoms with E-state index in [1.807, 2.05) is 42.5 Å². The molecular weight excluding hydrogens is 296 g/mol. The third-order valence-corrected chi connectivity index (χ3v) is 4.33. The van der Waals surface area contributed by atoms with Gasteiger partial charge in [0, 0.05) is 16.8 Å². The molecule has 0 fully saturated rings. The molecule has 1 aliphatic carbocycles. The van der Waals surface area contributed by atoms with E-state index in [-0.39, 0.29) is 12.1 Å². The second-order valence-electron chi connectivity index (χ2n) is 5.88. The molecule has 1 heterocycles. The topological polar surface area (TPSA) is 46.1 Å². The first-order valence-corrected chi connectivity index (χ1v) is 8.04. The van der Waals surface area contributed by atoms with Gasteiger partial charge in [-0.15, -0.1) is 0 Å². The van der Waals surface area contributed by atoms with Gasteiger partial charge in [-0.3, -0.25) is 0 Å². The Balaban J connectivity index is 1.92. The van der Waals surface area contributed by atoms with Crippen molar-refractivity contribution >= 4 is 24.3 Å². The Bertz CT molecular complexity index is 792. The van der Waals surface area contributed by atoms with E-state index in [0.29, 0.717) is 6.42 Å². The van der Waals surface area contributed by atoms with Crippen molar-refractivity contribution in [1.29, 1.82) is 0 Å². The summed E-state index contributed by atoms with van der Waals surface area (Å²) >= 11 is 0. The number of rotatable bonds is 6. The zero-order chi connectivity index (χ0) is 16.9.